The van der Waals surface area contributed by atoms with E-state index >= 15 is 0 Å². The standard InChI is InChI=1S/C13H15N3O3S/c14-6-10-2-1-3-11(4-10)7-16-8-12(5-13(16)17)9-20(15,18)19/h1-4,12H,5,7-9H2,(H2,15,18,19). The number of hydrogen-bond donors (Lipinski definition) is 1. The molecular weight excluding hydrogens is 278 g/mol. The van der Waals surface area contributed by atoms with Gasteiger partial charge in [-0.05, 0) is 17.7 Å². The number of nitrogens with zero attached hydrogens (tertiary/aromatic N) is 2. The van der Waals surface area contributed by atoms with E-state index in [0.717, 1.165) is 5.56 Å². The van der Waals surface area contributed by atoms with Crippen LogP contribution in [-0.4, -0.2) is 31.5 Å². The zero-order valence-electron chi connectivity index (χ0n) is 10.8. The fourth-order valence-electron chi connectivity index (χ4n) is 2.41. The van der Waals surface area contributed by atoms with Crippen molar-refractivity contribution in [2.75, 3.05) is 12.3 Å². The molecular formula is C13H15N3O3S. The zero-order chi connectivity index (χ0) is 14.8. The summed E-state index contributed by atoms with van der Waals surface area (Å²) in [6, 6.07) is 9.05. The Kier molecular flexibility index (Phi) is 4.06. The number of carbonyl (C=O) groups is 1. The summed E-state index contributed by atoms with van der Waals surface area (Å²) in [5.41, 5.74) is 1.39. The molecule has 1 aromatic carbocycles. The molecule has 1 unspecified atom stereocenters. The van der Waals surface area contributed by atoms with Crippen LogP contribution >= 0.6 is 0 Å². The summed E-state index contributed by atoms with van der Waals surface area (Å²) in [6.07, 6.45) is 0.203. The van der Waals surface area contributed by atoms with Crippen LogP contribution in [-0.2, 0) is 21.4 Å². The highest BCUT2D eigenvalue weighted by atomic mass is 32.2. The fraction of sp³-hybridized carbons (Fsp3) is 0.385. The smallest absolute Gasteiger partial charge is 0.223 e. The highest BCUT2D eigenvalue weighted by Gasteiger charge is 2.31. The molecule has 1 aliphatic heterocycles. The minimum atomic E-state index is -3.56. The van der Waals surface area contributed by atoms with Gasteiger partial charge in [-0.15, -0.1) is 0 Å². The average molecular weight is 293 g/mol. The third-order valence-corrected chi connectivity index (χ3v) is 4.13. The van der Waals surface area contributed by atoms with E-state index in [1.165, 1.54) is 0 Å². The second-order valence-corrected chi connectivity index (χ2v) is 6.65. The van der Waals surface area contributed by atoms with E-state index in [4.69, 9.17) is 10.4 Å². The normalized spacial score (nSPS) is 19.1. The Morgan fingerprint density at radius 1 is 1.45 bits per heavy atom. The van der Waals surface area contributed by atoms with Gasteiger partial charge in [-0.2, -0.15) is 5.26 Å². The Balaban J connectivity index is 2.03. The lowest BCUT2D eigenvalue weighted by atomic mass is 10.1. The van der Waals surface area contributed by atoms with E-state index in [0.29, 0.717) is 18.7 Å². The summed E-state index contributed by atoms with van der Waals surface area (Å²) in [5, 5.41) is 13.8. The number of likely N-dealkylation sites (tertiary alicyclic amines) is 1. The van der Waals surface area contributed by atoms with Crippen LogP contribution in [0.4, 0.5) is 0 Å². The minimum absolute atomic E-state index is 0.0824. The minimum Gasteiger partial charge on any atom is -0.338 e. The van der Waals surface area contributed by atoms with Crippen LogP contribution in [0.3, 0.4) is 0 Å². The van der Waals surface area contributed by atoms with Gasteiger partial charge < -0.3 is 4.90 Å². The number of amides is 1. The Morgan fingerprint density at radius 3 is 2.85 bits per heavy atom. The van der Waals surface area contributed by atoms with Crippen LogP contribution in [0.25, 0.3) is 0 Å². The zero-order valence-corrected chi connectivity index (χ0v) is 11.6. The van der Waals surface area contributed by atoms with E-state index in [9.17, 15) is 13.2 Å². The molecule has 6 nitrogen and oxygen atoms in total. The van der Waals surface area contributed by atoms with Crippen molar-refractivity contribution in [2.24, 2.45) is 11.1 Å². The number of nitriles is 1. The van der Waals surface area contributed by atoms with E-state index < -0.39 is 10.0 Å². The van der Waals surface area contributed by atoms with E-state index in [1.54, 1.807) is 23.1 Å². The molecule has 1 aromatic rings. The van der Waals surface area contributed by atoms with Crippen molar-refractivity contribution in [1.82, 2.24) is 4.90 Å². The molecule has 1 saturated heterocycles. The molecule has 1 aliphatic rings. The van der Waals surface area contributed by atoms with Crippen LogP contribution in [0.1, 0.15) is 17.5 Å². The second-order valence-electron chi connectivity index (χ2n) is 4.99. The van der Waals surface area contributed by atoms with Gasteiger partial charge in [0.25, 0.3) is 0 Å². The van der Waals surface area contributed by atoms with Gasteiger partial charge in [0.05, 0.1) is 17.4 Å². The van der Waals surface area contributed by atoms with Crippen LogP contribution in [0.2, 0.25) is 0 Å². The van der Waals surface area contributed by atoms with Crippen molar-refractivity contribution in [3.8, 4) is 6.07 Å². The first kappa shape index (κ1) is 14.5. The van der Waals surface area contributed by atoms with Crippen LogP contribution in [0.5, 0.6) is 0 Å². The predicted octanol–water partition coefficient (Wildman–Crippen LogP) is 0.195. The number of carbonyl (C=O) groups excluding carboxylic acids is 1. The van der Waals surface area contributed by atoms with Crippen molar-refractivity contribution in [3.05, 3.63) is 35.4 Å². The second kappa shape index (κ2) is 5.61. The van der Waals surface area contributed by atoms with Crippen LogP contribution < -0.4 is 5.14 Å². The van der Waals surface area contributed by atoms with Gasteiger partial charge in [0.2, 0.25) is 15.9 Å². The lowest BCUT2D eigenvalue weighted by Crippen LogP contribution is -2.27. The van der Waals surface area contributed by atoms with Gasteiger partial charge in [-0.3, -0.25) is 4.79 Å². The molecule has 0 radical (unpaired) electrons. The van der Waals surface area contributed by atoms with E-state index in [2.05, 4.69) is 0 Å². The predicted molar refractivity (Wildman–Crippen MR) is 72.7 cm³/mol. The average Bonchev–Trinajstić information content (AvgIpc) is 2.67. The van der Waals surface area contributed by atoms with Gasteiger partial charge in [0.15, 0.2) is 0 Å². The topological polar surface area (TPSA) is 104 Å². The lowest BCUT2D eigenvalue weighted by Gasteiger charge is -2.16. The van der Waals surface area contributed by atoms with Crippen molar-refractivity contribution in [3.63, 3.8) is 0 Å². The third kappa shape index (κ3) is 3.79. The molecule has 1 atom stereocenters. The van der Waals surface area contributed by atoms with Gasteiger partial charge >= 0.3 is 0 Å². The molecule has 1 amide bonds. The number of primary sulfonamides is 1. The summed E-state index contributed by atoms with van der Waals surface area (Å²) in [6.45, 7) is 0.765. The molecule has 2 N–H and O–H groups in total. The molecule has 7 heteroatoms. The Hall–Kier alpha value is -1.91. The van der Waals surface area contributed by atoms with Crippen molar-refractivity contribution < 1.29 is 13.2 Å². The molecule has 20 heavy (non-hydrogen) atoms. The van der Waals surface area contributed by atoms with Crippen molar-refractivity contribution in [1.29, 1.82) is 5.26 Å². The summed E-state index contributed by atoms with van der Waals surface area (Å²) < 4.78 is 22.1. The maximum atomic E-state index is 11.9. The maximum absolute atomic E-state index is 11.9. The van der Waals surface area contributed by atoms with Crippen LogP contribution in [0, 0.1) is 17.2 Å². The van der Waals surface area contributed by atoms with Crippen LogP contribution in [0.15, 0.2) is 24.3 Å². The van der Waals surface area contributed by atoms with Gasteiger partial charge in [0.1, 0.15) is 0 Å². The molecule has 0 spiro atoms. The molecule has 2 rings (SSSR count). The number of nitrogens with two attached hydrogens (primary N) is 1. The number of benzene rings is 1. The number of sulfonamides is 1. The summed E-state index contributed by atoms with van der Waals surface area (Å²) >= 11 is 0. The van der Waals surface area contributed by atoms with Crippen molar-refractivity contribution in [2.45, 2.75) is 13.0 Å². The SMILES string of the molecule is N#Cc1cccc(CN2CC(CS(N)(=O)=O)CC2=O)c1. The van der Waals surface area contributed by atoms with Gasteiger partial charge in [0, 0.05) is 25.4 Å². The van der Waals surface area contributed by atoms with Gasteiger partial charge in [-0.1, -0.05) is 12.1 Å². The van der Waals surface area contributed by atoms with E-state index in [1.807, 2.05) is 12.1 Å². The molecule has 1 fully saturated rings. The molecule has 0 aromatic heterocycles. The number of rotatable bonds is 4. The quantitative estimate of drug-likeness (QED) is 0.855. The fourth-order valence-corrected chi connectivity index (χ4v) is 3.29. The summed E-state index contributed by atoms with van der Waals surface area (Å²) in [4.78, 5) is 13.5. The Morgan fingerprint density at radius 2 is 2.20 bits per heavy atom. The summed E-state index contributed by atoms with van der Waals surface area (Å²) in [7, 11) is -3.56. The van der Waals surface area contributed by atoms with E-state index in [-0.39, 0.29) is 24.0 Å². The first-order chi connectivity index (χ1) is 9.37. The van der Waals surface area contributed by atoms with Gasteiger partial charge in [-0.25, -0.2) is 13.6 Å². The summed E-state index contributed by atoms with van der Waals surface area (Å²) in [5.74, 6) is -0.509. The highest BCUT2D eigenvalue weighted by Crippen LogP contribution is 2.21. The monoisotopic (exact) mass is 293 g/mol. The third-order valence-electron chi connectivity index (χ3n) is 3.19. The Bertz CT molecular complexity index is 664. The van der Waals surface area contributed by atoms with Crippen molar-refractivity contribution >= 4 is 15.9 Å². The highest BCUT2D eigenvalue weighted by molar-refractivity contribution is 7.89. The maximum Gasteiger partial charge on any atom is 0.223 e. The molecule has 1 heterocycles. The number of hydrogen-bond acceptors (Lipinski definition) is 4. The molecule has 0 bridgehead atoms. The molecule has 0 saturated carbocycles. The first-order valence-electron chi connectivity index (χ1n) is 6.14. The Labute approximate surface area is 117 Å². The molecule has 0 aliphatic carbocycles. The lowest BCUT2D eigenvalue weighted by molar-refractivity contribution is -0.128. The largest absolute Gasteiger partial charge is 0.338 e. The molecule has 106 valence electrons. The first-order valence-corrected chi connectivity index (χ1v) is 7.86.